The summed E-state index contributed by atoms with van der Waals surface area (Å²) in [6.45, 7) is 0. The standard InChI is InChI=1S/C21H17FN2O/c22-17-11-12(25)5-6-15(17)21-14-4-2-1-3-13(14)20-16-9-10-23-18(16)7-8-19(20)24-21/h5-11,24-25H,1-4H2. The Labute approximate surface area is 144 Å². The Bertz CT molecular complexity index is 1130. The zero-order valence-corrected chi connectivity index (χ0v) is 13.6. The van der Waals surface area contributed by atoms with E-state index in [4.69, 9.17) is 0 Å². The summed E-state index contributed by atoms with van der Waals surface area (Å²) in [5.41, 5.74) is 5.84. The van der Waals surface area contributed by atoms with Gasteiger partial charge in [0.05, 0.1) is 11.2 Å². The molecule has 0 unspecified atom stereocenters. The highest BCUT2D eigenvalue weighted by atomic mass is 19.1. The Morgan fingerprint density at radius 2 is 1.84 bits per heavy atom. The van der Waals surface area contributed by atoms with Crippen LogP contribution in [-0.2, 0) is 12.8 Å². The number of pyridine rings is 1. The molecule has 1 aliphatic rings. The first-order valence-corrected chi connectivity index (χ1v) is 8.62. The maximum absolute atomic E-state index is 14.5. The zero-order valence-electron chi connectivity index (χ0n) is 13.6. The number of nitrogens with one attached hydrogen (secondary N) is 1. The van der Waals surface area contributed by atoms with Gasteiger partial charge in [0.2, 0.25) is 0 Å². The summed E-state index contributed by atoms with van der Waals surface area (Å²) in [5, 5.41) is 11.9. The number of H-pyrrole nitrogens is 1. The predicted octanol–water partition coefficient (Wildman–Crippen LogP) is 5.11. The van der Waals surface area contributed by atoms with Gasteiger partial charge in [-0.2, -0.15) is 0 Å². The molecule has 3 nitrogen and oxygen atoms in total. The second-order valence-electron chi connectivity index (χ2n) is 6.69. The van der Waals surface area contributed by atoms with Crippen LogP contribution < -0.4 is 0 Å². The third-order valence-electron chi connectivity index (χ3n) is 5.23. The highest BCUT2D eigenvalue weighted by Gasteiger charge is 2.21. The number of hydrogen-bond acceptors (Lipinski definition) is 2. The van der Waals surface area contributed by atoms with Gasteiger partial charge < -0.3 is 10.1 Å². The summed E-state index contributed by atoms with van der Waals surface area (Å²) < 4.78 is 14.5. The van der Waals surface area contributed by atoms with E-state index in [1.54, 1.807) is 6.07 Å². The summed E-state index contributed by atoms with van der Waals surface area (Å²) in [4.78, 5) is 7.88. The van der Waals surface area contributed by atoms with Crippen molar-refractivity contribution in [3.63, 3.8) is 0 Å². The Kier molecular flexibility index (Phi) is 3.07. The fraction of sp³-hybridized carbons (Fsp3) is 0.190. The van der Waals surface area contributed by atoms with Gasteiger partial charge in [0.1, 0.15) is 11.6 Å². The van der Waals surface area contributed by atoms with Crippen molar-refractivity contribution < 1.29 is 9.50 Å². The molecule has 0 saturated carbocycles. The van der Waals surface area contributed by atoms with E-state index < -0.39 is 5.82 Å². The van der Waals surface area contributed by atoms with E-state index in [-0.39, 0.29) is 5.75 Å². The first-order valence-electron chi connectivity index (χ1n) is 8.62. The lowest BCUT2D eigenvalue weighted by atomic mass is 9.85. The molecule has 0 spiro atoms. The normalized spacial score (nSPS) is 14.1. The van der Waals surface area contributed by atoms with Gasteiger partial charge >= 0.3 is 0 Å². The quantitative estimate of drug-likeness (QED) is 0.509. The Balaban J connectivity index is 1.90. The fourth-order valence-electron chi connectivity index (χ4n) is 4.12. The van der Waals surface area contributed by atoms with Crippen LogP contribution >= 0.6 is 0 Å². The van der Waals surface area contributed by atoms with Crippen molar-refractivity contribution in [2.24, 2.45) is 0 Å². The third kappa shape index (κ3) is 2.14. The number of aromatic hydroxyl groups is 1. The first kappa shape index (κ1) is 14.5. The number of hydrogen-bond donors (Lipinski definition) is 2. The minimum absolute atomic E-state index is 0.0551. The van der Waals surface area contributed by atoms with Crippen LogP contribution in [0.25, 0.3) is 33.1 Å². The van der Waals surface area contributed by atoms with Gasteiger partial charge in [-0.1, -0.05) is 0 Å². The lowest BCUT2D eigenvalue weighted by Crippen LogP contribution is -2.08. The molecule has 2 aromatic carbocycles. The fourth-order valence-corrected chi connectivity index (χ4v) is 4.12. The molecule has 124 valence electrons. The second kappa shape index (κ2) is 5.31. The molecular formula is C21H17FN2O. The van der Waals surface area contributed by atoms with Crippen molar-refractivity contribution >= 4 is 21.8 Å². The number of aryl methyl sites for hydroxylation is 1. The van der Waals surface area contributed by atoms with Gasteiger partial charge in [-0.15, -0.1) is 0 Å². The summed E-state index contributed by atoms with van der Waals surface area (Å²) in [7, 11) is 0. The number of fused-ring (bicyclic) bond motifs is 5. The van der Waals surface area contributed by atoms with Crippen LogP contribution in [0.5, 0.6) is 5.75 Å². The highest BCUT2D eigenvalue weighted by molar-refractivity contribution is 6.08. The molecule has 2 N–H and O–H groups in total. The summed E-state index contributed by atoms with van der Waals surface area (Å²) >= 11 is 0. The van der Waals surface area contributed by atoms with Crippen LogP contribution in [0.4, 0.5) is 4.39 Å². The van der Waals surface area contributed by atoms with E-state index >= 15 is 0 Å². The van der Waals surface area contributed by atoms with Crippen LogP contribution in [0, 0.1) is 5.82 Å². The van der Waals surface area contributed by atoms with Crippen molar-refractivity contribution in [2.75, 3.05) is 0 Å². The maximum atomic E-state index is 14.5. The van der Waals surface area contributed by atoms with Gasteiger partial charge in [0, 0.05) is 34.1 Å². The van der Waals surface area contributed by atoms with Crippen molar-refractivity contribution in [3.05, 3.63) is 59.5 Å². The van der Waals surface area contributed by atoms with Crippen molar-refractivity contribution in [1.82, 2.24) is 9.97 Å². The molecule has 0 atom stereocenters. The monoisotopic (exact) mass is 332 g/mol. The zero-order chi connectivity index (χ0) is 17.0. The van der Waals surface area contributed by atoms with Crippen molar-refractivity contribution in [2.45, 2.75) is 25.7 Å². The number of phenols is 1. The van der Waals surface area contributed by atoms with Crippen molar-refractivity contribution in [3.8, 4) is 17.0 Å². The number of benzene rings is 2. The molecule has 1 aliphatic carbocycles. The maximum Gasteiger partial charge on any atom is 0.136 e. The molecule has 0 radical (unpaired) electrons. The lowest BCUT2D eigenvalue weighted by Gasteiger charge is -2.23. The number of nitrogens with zero attached hydrogens (tertiary/aromatic N) is 1. The number of halogens is 1. The van der Waals surface area contributed by atoms with E-state index in [1.165, 1.54) is 28.6 Å². The Hall–Kier alpha value is -2.88. The van der Waals surface area contributed by atoms with Crippen LogP contribution in [0.1, 0.15) is 24.0 Å². The SMILES string of the molecule is Oc1ccc(-c2[nH]c3ccc4nccc4c3c3c2CCCC3)c(F)c1. The van der Waals surface area contributed by atoms with Gasteiger partial charge in [0.15, 0.2) is 0 Å². The second-order valence-corrected chi connectivity index (χ2v) is 6.69. The molecule has 0 amide bonds. The molecule has 2 aromatic heterocycles. The topological polar surface area (TPSA) is 48.9 Å². The van der Waals surface area contributed by atoms with Gasteiger partial charge in [-0.25, -0.2) is 4.39 Å². The number of aromatic amines is 1. The Morgan fingerprint density at radius 3 is 2.68 bits per heavy atom. The van der Waals surface area contributed by atoms with E-state index in [9.17, 15) is 9.50 Å². The number of aromatic nitrogens is 2. The average Bonchev–Trinajstić information content (AvgIpc) is 3.10. The van der Waals surface area contributed by atoms with Gasteiger partial charge in [-0.3, -0.25) is 4.98 Å². The van der Waals surface area contributed by atoms with E-state index in [0.717, 1.165) is 47.8 Å². The molecule has 4 aromatic rings. The molecular weight excluding hydrogens is 315 g/mol. The summed E-state index contributed by atoms with van der Waals surface area (Å²) in [6.07, 6.45) is 6.02. The van der Waals surface area contributed by atoms with E-state index in [1.807, 2.05) is 18.3 Å². The molecule has 4 heteroatoms. The van der Waals surface area contributed by atoms with E-state index in [0.29, 0.717) is 5.56 Å². The van der Waals surface area contributed by atoms with Gasteiger partial charge in [0.25, 0.3) is 0 Å². The van der Waals surface area contributed by atoms with Crippen LogP contribution in [0.3, 0.4) is 0 Å². The first-order chi connectivity index (χ1) is 12.2. The number of rotatable bonds is 1. The van der Waals surface area contributed by atoms with E-state index in [2.05, 4.69) is 16.0 Å². The van der Waals surface area contributed by atoms with Crippen LogP contribution in [-0.4, -0.2) is 15.1 Å². The van der Waals surface area contributed by atoms with Crippen LogP contribution in [0.2, 0.25) is 0 Å². The molecule has 2 heterocycles. The Morgan fingerprint density at radius 1 is 1.00 bits per heavy atom. The summed E-state index contributed by atoms with van der Waals surface area (Å²) in [5.74, 6) is -0.458. The third-order valence-corrected chi connectivity index (χ3v) is 5.23. The lowest BCUT2D eigenvalue weighted by molar-refractivity contribution is 0.469. The molecule has 0 fully saturated rings. The predicted molar refractivity (Wildman–Crippen MR) is 97.3 cm³/mol. The van der Waals surface area contributed by atoms with Crippen molar-refractivity contribution in [1.29, 1.82) is 0 Å². The van der Waals surface area contributed by atoms with Crippen LogP contribution in [0.15, 0.2) is 42.6 Å². The molecule has 0 saturated heterocycles. The average molecular weight is 332 g/mol. The summed E-state index contributed by atoms with van der Waals surface area (Å²) in [6, 6.07) is 10.5. The number of phenolic OH excluding ortho intramolecular Hbond substituents is 1. The highest BCUT2D eigenvalue weighted by Crippen LogP contribution is 2.38. The molecule has 5 rings (SSSR count). The largest absolute Gasteiger partial charge is 0.508 e. The van der Waals surface area contributed by atoms with Gasteiger partial charge in [-0.05, 0) is 67.1 Å². The molecule has 0 bridgehead atoms. The molecule has 25 heavy (non-hydrogen) atoms. The molecule has 0 aliphatic heterocycles. The minimum atomic E-state index is -0.403. The minimum Gasteiger partial charge on any atom is -0.508 e. The smallest absolute Gasteiger partial charge is 0.136 e.